The van der Waals surface area contributed by atoms with Crippen molar-refractivity contribution in [1.29, 1.82) is 0 Å². The first-order valence-electron chi connectivity index (χ1n) is 10.5. The molecule has 2 aromatic heterocycles. The van der Waals surface area contributed by atoms with Gasteiger partial charge in [0.15, 0.2) is 0 Å². The van der Waals surface area contributed by atoms with Crippen LogP contribution in [0.3, 0.4) is 0 Å². The van der Waals surface area contributed by atoms with Crippen LogP contribution >= 0.6 is 0 Å². The second-order valence-electron chi connectivity index (χ2n) is 8.76. The molecule has 4 rings (SSSR count). The fourth-order valence-corrected chi connectivity index (χ4v) is 4.17. The average Bonchev–Trinajstić information content (AvgIpc) is 3.04. The van der Waals surface area contributed by atoms with Gasteiger partial charge >= 0.3 is 0 Å². The predicted molar refractivity (Wildman–Crippen MR) is 115 cm³/mol. The second-order valence-corrected chi connectivity index (χ2v) is 8.76. The molecule has 0 bridgehead atoms. The summed E-state index contributed by atoms with van der Waals surface area (Å²) in [6.07, 6.45) is -1.79. The largest absolute Gasteiger partial charge is 0.494 e. The SMILES string of the molecule is CCc1nc(C(Cc2cc(OC)c3nnc(C)cc3c2)C(F)F)cc2c1OCC2(C)C. The van der Waals surface area contributed by atoms with Gasteiger partial charge in [-0.3, -0.25) is 4.98 Å². The lowest BCUT2D eigenvalue weighted by Gasteiger charge is -2.21. The number of aromatic nitrogens is 3. The van der Waals surface area contributed by atoms with Gasteiger partial charge in [0.2, 0.25) is 6.43 Å². The number of methoxy groups -OCH3 is 1. The number of hydrogen-bond donors (Lipinski definition) is 0. The molecular formula is C24H27F2N3O2. The summed E-state index contributed by atoms with van der Waals surface area (Å²) in [5.41, 5.74) is 4.00. The summed E-state index contributed by atoms with van der Waals surface area (Å²) in [7, 11) is 1.54. The van der Waals surface area contributed by atoms with E-state index >= 15 is 0 Å². The van der Waals surface area contributed by atoms with Crippen LogP contribution in [0.5, 0.6) is 11.5 Å². The van der Waals surface area contributed by atoms with Crippen molar-refractivity contribution in [2.45, 2.75) is 58.3 Å². The molecule has 1 atom stereocenters. The molecular weight excluding hydrogens is 400 g/mol. The van der Waals surface area contributed by atoms with Gasteiger partial charge in [0.25, 0.3) is 0 Å². The van der Waals surface area contributed by atoms with Crippen LogP contribution in [0.25, 0.3) is 10.9 Å². The van der Waals surface area contributed by atoms with Crippen molar-refractivity contribution in [3.8, 4) is 11.5 Å². The van der Waals surface area contributed by atoms with Crippen LogP contribution in [0.1, 0.15) is 54.9 Å². The van der Waals surface area contributed by atoms with Crippen LogP contribution in [-0.2, 0) is 18.3 Å². The van der Waals surface area contributed by atoms with Gasteiger partial charge in [0.05, 0.1) is 36.7 Å². The first-order valence-corrected chi connectivity index (χ1v) is 10.5. The highest BCUT2D eigenvalue weighted by Crippen LogP contribution is 2.42. The highest BCUT2D eigenvalue weighted by Gasteiger charge is 2.36. The summed E-state index contributed by atoms with van der Waals surface area (Å²) in [6.45, 7) is 8.48. The molecule has 1 aliphatic heterocycles. The van der Waals surface area contributed by atoms with Crippen molar-refractivity contribution in [3.05, 3.63) is 52.5 Å². The van der Waals surface area contributed by atoms with Crippen molar-refractivity contribution < 1.29 is 18.3 Å². The predicted octanol–water partition coefficient (Wildman–Crippen LogP) is 5.17. The summed E-state index contributed by atoms with van der Waals surface area (Å²) in [4.78, 5) is 4.61. The van der Waals surface area contributed by atoms with Crippen LogP contribution in [0.2, 0.25) is 0 Å². The standard InChI is InChI=1S/C24H27F2N3O2/c1-6-18-22-17(24(3,4)12-31-22)11-19(27-18)16(23(25)26)9-14-8-15-7-13(2)28-29-21(15)20(10-14)30-5/h7-8,10-11,16,23H,6,9,12H2,1-5H3. The van der Waals surface area contributed by atoms with E-state index in [1.54, 1.807) is 13.2 Å². The monoisotopic (exact) mass is 427 g/mol. The molecule has 1 aromatic carbocycles. The van der Waals surface area contributed by atoms with Crippen molar-refractivity contribution >= 4 is 10.9 Å². The van der Waals surface area contributed by atoms with E-state index in [1.807, 2.05) is 32.0 Å². The molecule has 0 spiro atoms. The lowest BCUT2D eigenvalue weighted by Crippen LogP contribution is -2.20. The molecule has 7 heteroatoms. The molecule has 0 fully saturated rings. The Balaban J connectivity index is 1.78. The Labute approximate surface area is 180 Å². The van der Waals surface area contributed by atoms with E-state index in [2.05, 4.69) is 29.0 Å². The van der Waals surface area contributed by atoms with E-state index in [-0.39, 0.29) is 11.8 Å². The van der Waals surface area contributed by atoms with Crippen molar-refractivity contribution in [2.75, 3.05) is 13.7 Å². The van der Waals surface area contributed by atoms with Gasteiger partial charge in [-0.25, -0.2) is 8.78 Å². The molecule has 0 amide bonds. The minimum Gasteiger partial charge on any atom is -0.494 e. The molecule has 0 saturated carbocycles. The number of pyridine rings is 1. The minimum absolute atomic E-state index is 0.140. The van der Waals surface area contributed by atoms with Gasteiger partial charge in [-0.2, -0.15) is 5.10 Å². The zero-order valence-corrected chi connectivity index (χ0v) is 18.5. The average molecular weight is 427 g/mol. The number of benzene rings is 1. The maximum absolute atomic E-state index is 14.3. The first-order chi connectivity index (χ1) is 14.7. The molecule has 31 heavy (non-hydrogen) atoms. The van der Waals surface area contributed by atoms with E-state index < -0.39 is 12.3 Å². The zero-order valence-electron chi connectivity index (χ0n) is 18.5. The highest BCUT2D eigenvalue weighted by molar-refractivity contribution is 5.85. The Morgan fingerprint density at radius 1 is 1.16 bits per heavy atom. The molecule has 1 unspecified atom stereocenters. The topological polar surface area (TPSA) is 57.1 Å². The maximum Gasteiger partial charge on any atom is 0.247 e. The molecule has 164 valence electrons. The van der Waals surface area contributed by atoms with Gasteiger partial charge in [-0.05, 0) is 49.6 Å². The Morgan fingerprint density at radius 2 is 1.94 bits per heavy atom. The summed E-state index contributed by atoms with van der Waals surface area (Å²) in [5.74, 6) is 0.245. The summed E-state index contributed by atoms with van der Waals surface area (Å²) >= 11 is 0. The lowest BCUT2D eigenvalue weighted by molar-refractivity contribution is 0.112. The normalized spacial score (nSPS) is 15.7. The minimum atomic E-state index is -2.56. The molecule has 1 aliphatic rings. The van der Waals surface area contributed by atoms with Gasteiger partial charge in [-0.15, -0.1) is 5.10 Å². The lowest BCUT2D eigenvalue weighted by atomic mass is 9.84. The highest BCUT2D eigenvalue weighted by atomic mass is 19.3. The number of halogens is 2. The second kappa shape index (κ2) is 8.02. The smallest absolute Gasteiger partial charge is 0.247 e. The fraction of sp³-hybridized carbons (Fsp3) is 0.458. The van der Waals surface area contributed by atoms with Crippen LogP contribution in [-0.4, -0.2) is 35.3 Å². The number of fused-ring (bicyclic) bond motifs is 2. The number of alkyl halides is 2. The van der Waals surface area contributed by atoms with Gasteiger partial charge in [-0.1, -0.05) is 20.8 Å². The van der Waals surface area contributed by atoms with Crippen LogP contribution < -0.4 is 9.47 Å². The third-order valence-corrected chi connectivity index (χ3v) is 5.90. The van der Waals surface area contributed by atoms with Gasteiger partial charge < -0.3 is 9.47 Å². The van der Waals surface area contributed by atoms with Crippen molar-refractivity contribution in [1.82, 2.24) is 15.2 Å². The van der Waals surface area contributed by atoms with E-state index in [4.69, 9.17) is 9.47 Å². The molecule has 3 heterocycles. The third kappa shape index (κ3) is 3.93. The third-order valence-electron chi connectivity index (χ3n) is 5.90. The maximum atomic E-state index is 14.3. The molecule has 0 aliphatic carbocycles. The molecule has 0 saturated heterocycles. The van der Waals surface area contributed by atoms with E-state index in [0.717, 1.165) is 33.7 Å². The number of aryl methyl sites for hydroxylation is 2. The summed E-state index contributed by atoms with van der Waals surface area (Å²) in [5, 5.41) is 9.09. The van der Waals surface area contributed by atoms with Gasteiger partial charge in [0, 0.05) is 16.4 Å². The van der Waals surface area contributed by atoms with Crippen LogP contribution in [0.4, 0.5) is 8.78 Å². The Hall–Kier alpha value is -2.83. The fourth-order valence-electron chi connectivity index (χ4n) is 4.17. The van der Waals surface area contributed by atoms with E-state index in [1.165, 1.54) is 0 Å². The number of rotatable bonds is 6. The summed E-state index contributed by atoms with van der Waals surface area (Å²) in [6, 6.07) is 7.35. The van der Waals surface area contributed by atoms with Crippen LogP contribution in [0.15, 0.2) is 24.3 Å². The molecule has 5 nitrogen and oxygen atoms in total. The number of hydrogen-bond acceptors (Lipinski definition) is 5. The number of nitrogens with zero attached hydrogens (tertiary/aromatic N) is 3. The van der Waals surface area contributed by atoms with Crippen molar-refractivity contribution in [2.24, 2.45) is 0 Å². The van der Waals surface area contributed by atoms with E-state index in [0.29, 0.717) is 30.0 Å². The Bertz CT molecular complexity index is 1130. The van der Waals surface area contributed by atoms with Crippen molar-refractivity contribution in [3.63, 3.8) is 0 Å². The molecule has 0 N–H and O–H groups in total. The van der Waals surface area contributed by atoms with Crippen LogP contribution in [0, 0.1) is 6.92 Å². The molecule has 3 aromatic rings. The Kier molecular flexibility index (Phi) is 5.54. The molecule has 0 radical (unpaired) electrons. The first kappa shape index (κ1) is 21.4. The zero-order chi connectivity index (χ0) is 22.3. The number of ether oxygens (including phenoxy) is 2. The summed E-state index contributed by atoms with van der Waals surface area (Å²) < 4.78 is 39.9. The van der Waals surface area contributed by atoms with Gasteiger partial charge in [0.1, 0.15) is 17.0 Å². The van der Waals surface area contributed by atoms with E-state index in [9.17, 15) is 8.78 Å². The Morgan fingerprint density at radius 3 is 2.61 bits per heavy atom. The quantitative estimate of drug-likeness (QED) is 0.544.